The monoisotopic (exact) mass is 294 g/mol. The highest BCUT2D eigenvalue weighted by Crippen LogP contribution is 2.39. The van der Waals surface area contributed by atoms with E-state index in [2.05, 4.69) is 16.8 Å². The molecule has 1 atom stereocenters. The lowest BCUT2D eigenvalue weighted by Gasteiger charge is -2.36. The fraction of sp³-hybridized carbons (Fsp3) is 0.438. The number of benzene rings is 1. The van der Waals surface area contributed by atoms with Gasteiger partial charge in [0, 0.05) is 29.9 Å². The second-order valence-corrected chi connectivity index (χ2v) is 5.53. The predicted octanol–water partition coefficient (Wildman–Crippen LogP) is 4.41. The number of halogens is 3. The van der Waals surface area contributed by atoms with Gasteiger partial charge in [-0.1, -0.05) is 0 Å². The van der Waals surface area contributed by atoms with E-state index in [0.29, 0.717) is 11.6 Å². The fourth-order valence-electron chi connectivity index (χ4n) is 3.18. The normalized spacial score (nSPS) is 18.9. The van der Waals surface area contributed by atoms with E-state index in [1.165, 1.54) is 6.20 Å². The van der Waals surface area contributed by atoms with Crippen LogP contribution in [0.1, 0.15) is 31.4 Å². The Kier molecular flexibility index (Phi) is 3.30. The van der Waals surface area contributed by atoms with Crippen molar-refractivity contribution in [1.29, 1.82) is 0 Å². The smallest absolute Gasteiger partial charge is 0.369 e. The molecule has 0 fully saturated rings. The molecule has 1 unspecified atom stereocenters. The third kappa shape index (κ3) is 2.34. The zero-order valence-corrected chi connectivity index (χ0v) is 12.0. The molecule has 0 spiro atoms. The van der Waals surface area contributed by atoms with E-state index >= 15 is 0 Å². The van der Waals surface area contributed by atoms with Crippen molar-refractivity contribution >= 4 is 16.6 Å². The quantitative estimate of drug-likeness (QED) is 0.774. The fourth-order valence-corrected chi connectivity index (χ4v) is 3.18. The Morgan fingerprint density at radius 3 is 2.76 bits per heavy atom. The number of anilines is 1. The van der Waals surface area contributed by atoms with Crippen LogP contribution in [0.3, 0.4) is 0 Å². The van der Waals surface area contributed by atoms with Crippen molar-refractivity contribution in [2.45, 2.75) is 38.9 Å². The number of aryl methyl sites for hydroxylation is 1. The van der Waals surface area contributed by atoms with Gasteiger partial charge in [-0.15, -0.1) is 0 Å². The van der Waals surface area contributed by atoms with E-state index in [4.69, 9.17) is 0 Å². The lowest BCUT2D eigenvalue weighted by Crippen LogP contribution is -2.37. The molecule has 2 heterocycles. The number of rotatable bonds is 1. The third-order valence-electron chi connectivity index (χ3n) is 4.26. The summed E-state index contributed by atoms with van der Waals surface area (Å²) in [5, 5.41) is 0.191. The minimum atomic E-state index is -4.35. The van der Waals surface area contributed by atoms with Crippen molar-refractivity contribution in [3.63, 3.8) is 0 Å². The van der Waals surface area contributed by atoms with Crippen LogP contribution in [0.4, 0.5) is 18.9 Å². The van der Waals surface area contributed by atoms with Crippen molar-refractivity contribution in [2.24, 2.45) is 0 Å². The van der Waals surface area contributed by atoms with Gasteiger partial charge < -0.3 is 4.90 Å². The first kappa shape index (κ1) is 14.2. The van der Waals surface area contributed by atoms with Crippen LogP contribution in [0.25, 0.3) is 10.9 Å². The molecule has 0 aliphatic carbocycles. The minimum absolute atomic E-state index is 0.191. The number of alkyl halides is 3. The molecule has 1 aliphatic rings. The summed E-state index contributed by atoms with van der Waals surface area (Å²) >= 11 is 0. The summed E-state index contributed by atoms with van der Waals surface area (Å²) in [6.45, 7) is 4.94. The summed E-state index contributed by atoms with van der Waals surface area (Å²) in [6, 6.07) is 4.89. The van der Waals surface area contributed by atoms with Crippen LogP contribution >= 0.6 is 0 Å². The molecule has 0 saturated carbocycles. The van der Waals surface area contributed by atoms with Crippen molar-refractivity contribution < 1.29 is 13.2 Å². The minimum Gasteiger partial charge on any atom is -0.369 e. The van der Waals surface area contributed by atoms with Gasteiger partial charge in [-0.05, 0) is 50.5 Å². The number of aromatic nitrogens is 1. The number of hydrogen-bond donors (Lipinski definition) is 0. The van der Waals surface area contributed by atoms with Gasteiger partial charge in [0.15, 0.2) is 0 Å². The van der Waals surface area contributed by atoms with Crippen molar-refractivity contribution in [3.05, 3.63) is 35.5 Å². The summed E-state index contributed by atoms with van der Waals surface area (Å²) in [7, 11) is 0. The Labute approximate surface area is 121 Å². The summed E-state index contributed by atoms with van der Waals surface area (Å²) in [4.78, 5) is 6.29. The molecule has 0 radical (unpaired) electrons. The SMILES string of the molecule is CCN1c2cc3c(C(F)(F)F)ccnc3cc2CCC1C. The summed E-state index contributed by atoms with van der Waals surface area (Å²) in [5.74, 6) is 0. The van der Waals surface area contributed by atoms with E-state index in [1.807, 2.05) is 13.0 Å². The molecule has 1 aliphatic heterocycles. The summed E-state index contributed by atoms with van der Waals surface area (Å²) in [6.07, 6.45) is -1.21. The van der Waals surface area contributed by atoms with Crippen LogP contribution in [0.5, 0.6) is 0 Å². The van der Waals surface area contributed by atoms with Gasteiger partial charge in [0.1, 0.15) is 0 Å². The molecule has 2 aromatic rings. The van der Waals surface area contributed by atoms with Crippen LogP contribution in [0.2, 0.25) is 0 Å². The standard InChI is InChI=1S/C16H17F3N2/c1-3-21-10(2)4-5-11-8-14-12(9-15(11)21)13(6-7-20-14)16(17,18)19/h6-10H,3-5H2,1-2H3. The zero-order chi connectivity index (χ0) is 15.2. The van der Waals surface area contributed by atoms with E-state index in [1.54, 1.807) is 6.07 Å². The van der Waals surface area contributed by atoms with E-state index in [0.717, 1.165) is 36.7 Å². The molecule has 112 valence electrons. The van der Waals surface area contributed by atoms with Crippen LogP contribution in [0, 0.1) is 0 Å². The Hall–Kier alpha value is -1.78. The van der Waals surface area contributed by atoms with Crippen LogP contribution in [-0.4, -0.2) is 17.6 Å². The average Bonchev–Trinajstić information content (AvgIpc) is 2.43. The van der Waals surface area contributed by atoms with Gasteiger partial charge in [0.25, 0.3) is 0 Å². The van der Waals surface area contributed by atoms with Crippen molar-refractivity contribution in [1.82, 2.24) is 4.98 Å². The Morgan fingerprint density at radius 1 is 1.33 bits per heavy atom. The molecule has 3 rings (SSSR count). The van der Waals surface area contributed by atoms with Crippen LogP contribution < -0.4 is 4.90 Å². The maximum Gasteiger partial charge on any atom is 0.417 e. The second-order valence-electron chi connectivity index (χ2n) is 5.53. The second kappa shape index (κ2) is 4.90. The van der Waals surface area contributed by atoms with E-state index in [9.17, 15) is 13.2 Å². The molecule has 1 aromatic heterocycles. The lowest BCUT2D eigenvalue weighted by molar-refractivity contribution is -0.136. The van der Waals surface area contributed by atoms with Gasteiger partial charge in [-0.25, -0.2) is 0 Å². The number of fused-ring (bicyclic) bond motifs is 2. The van der Waals surface area contributed by atoms with Gasteiger partial charge in [0.05, 0.1) is 11.1 Å². The highest BCUT2D eigenvalue weighted by Gasteiger charge is 2.33. The molecule has 1 aromatic carbocycles. The third-order valence-corrected chi connectivity index (χ3v) is 4.26. The maximum absolute atomic E-state index is 13.2. The molecule has 0 saturated heterocycles. The van der Waals surface area contributed by atoms with Crippen molar-refractivity contribution in [2.75, 3.05) is 11.4 Å². The molecule has 0 N–H and O–H groups in total. The van der Waals surface area contributed by atoms with Crippen molar-refractivity contribution in [3.8, 4) is 0 Å². The number of hydrogen-bond acceptors (Lipinski definition) is 2. The van der Waals surface area contributed by atoms with Gasteiger partial charge in [-0.2, -0.15) is 13.2 Å². The highest BCUT2D eigenvalue weighted by molar-refractivity contribution is 5.88. The zero-order valence-electron chi connectivity index (χ0n) is 12.0. The number of nitrogens with zero attached hydrogens (tertiary/aromatic N) is 2. The molecule has 5 heteroatoms. The Bertz CT molecular complexity index is 679. The molecule has 2 nitrogen and oxygen atoms in total. The molecular weight excluding hydrogens is 277 g/mol. The topological polar surface area (TPSA) is 16.1 Å². The average molecular weight is 294 g/mol. The van der Waals surface area contributed by atoms with Gasteiger partial charge in [0.2, 0.25) is 0 Å². The molecule has 0 bridgehead atoms. The number of pyridine rings is 1. The van der Waals surface area contributed by atoms with E-state index < -0.39 is 11.7 Å². The highest BCUT2D eigenvalue weighted by atomic mass is 19.4. The van der Waals surface area contributed by atoms with E-state index in [-0.39, 0.29) is 5.39 Å². The largest absolute Gasteiger partial charge is 0.417 e. The first-order chi connectivity index (χ1) is 9.91. The Morgan fingerprint density at radius 2 is 2.10 bits per heavy atom. The first-order valence-corrected chi connectivity index (χ1v) is 7.17. The molecule has 0 amide bonds. The Balaban J connectivity index is 2.26. The van der Waals surface area contributed by atoms with Gasteiger partial charge >= 0.3 is 6.18 Å². The maximum atomic E-state index is 13.2. The molecular formula is C16H17F3N2. The summed E-state index contributed by atoms with van der Waals surface area (Å²) < 4.78 is 39.5. The lowest BCUT2D eigenvalue weighted by atomic mass is 9.94. The summed E-state index contributed by atoms with van der Waals surface area (Å²) in [5.41, 5.74) is 1.83. The van der Waals surface area contributed by atoms with Crippen LogP contribution in [0.15, 0.2) is 24.4 Å². The van der Waals surface area contributed by atoms with Gasteiger partial charge in [-0.3, -0.25) is 4.98 Å². The molecule has 21 heavy (non-hydrogen) atoms. The van der Waals surface area contributed by atoms with Crippen LogP contribution in [-0.2, 0) is 12.6 Å². The predicted molar refractivity (Wildman–Crippen MR) is 77.5 cm³/mol. The first-order valence-electron chi connectivity index (χ1n) is 7.17.